The highest BCUT2D eigenvalue weighted by Crippen LogP contribution is 2.26. The van der Waals surface area contributed by atoms with Crippen molar-refractivity contribution >= 4 is 44.0 Å². The van der Waals surface area contributed by atoms with Crippen LogP contribution in [0.2, 0.25) is 5.02 Å². The summed E-state index contributed by atoms with van der Waals surface area (Å²) in [5, 5.41) is 4.70. The highest BCUT2D eigenvalue weighted by atomic mass is 35.5. The molecule has 1 aromatic carbocycles. The summed E-state index contributed by atoms with van der Waals surface area (Å²) >= 11 is 7.07. The number of halogens is 1. The van der Waals surface area contributed by atoms with E-state index in [1.807, 2.05) is 0 Å². The molecule has 0 atom stereocenters. The van der Waals surface area contributed by atoms with Crippen LogP contribution < -0.4 is 10.0 Å². The van der Waals surface area contributed by atoms with Crippen molar-refractivity contribution < 1.29 is 13.2 Å². The van der Waals surface area contributed by atoms with E-state index >= 15 is 0 Å². The van der Waals surface area contributed by atoms with E-state index in [-0.39, 0.29) is 22.4 Å². The van der Waals surface area contributed by atoms with E-state index in [0.717, 1.165) is 11.3 Å². The zero-order valence-corrected chi connectivity index (χ0v) is 14.3. The van der Waals surface area contributed by atoms with Gasteiger partial charge in [-0.15, -0.1) is 11.3 Å². The maximum atomic E-state index is 12.4. The Kier molecular flexibility index (Phi) is 5.05. The predicted octanol–water partition coefficient (Wildman–Crippen LogP) is 2.19. The summed E-state index contributed by atoms with van der Waals surface area (Å²) in [6, 6.07) is 4.67. The molecule has 1 heterocycles. The zero-order valence-electron chi connectivity index (χ0n) is 11.9. The molecule has 0 bridgehead atoms. The molecule has 0 aliphatic carbocycles. The topological polar surface area (TPSA) is 88.2 Å². The van der Waals surface area contributed by atoms with Crippen molar-refractivity contribution in [3.8, 4) is 0 Å². The largest absolute Gasteiger partial charge is 0.359 e. The van der Waals surface area contributed by atoms with E-state index in [0.29, 0.717) is 16.3 Å². The van der Waals surface area contributed by atoms with Crippen LogP contribution in [0.25, 0.3) is 0 Å². The summed E-state index contributed by atoms with van der Waals surface area (Å²) in [5.74, 6) is -0.189. The molecule has 0 aliphatic rings. The van der Waals surface area contributed by atoms with Gasteiger partial charge in [0.2, 0.25) is 5.91 Å². The molecule has 0 saturated heterocycles. The standard InChI is InChI=1S/C13H14ClN3O3S2/c1-8-10(14)4-3-5-11(8)22(19,20)17-13-16-9(7-21-13)6-12(18)15-2/h3-5,7H,6H2,1-2H3,(H,15,18)(H,16,17). The molecule has 2 aromatic rings. The first kappa shape index (κ1) is 16.7. The lowest BCUT2D eigenvalue weighted by Gasteiger charge is -2.09. The monoisotopic (exact) mass is 359 g/mol. The maximum Gasteiger partial charge on any atom is 0.263 e. The number of rotatable bonds is 5. The number of thiazole rings is 1. The van der Waals surface area contributed by atoms with Crippen LogP contribution in [0.5, 0.6) is 0 Å². The Morgan fingerprint density at radius 3 is 2.82 bits per heavy atom. The zero-order chi connectivity index (χ0) is 16.3. The summed E-state index contributed by atoms with van der Waals surface area (Å²) in [6.45, 7) is 1.63. The molecular formula is C13H14ClN3O3S2. The lowest BCUT2D eigenvalue weighted by Crippen LogP contribution is -2.20. The first-order valence-corrected chi connectivity index (χ1v) is 9.00. The number of hydrogen-bond donors (Lipinski definition) is 2. The van der Waals surface area contributed by atoms with Gasteiger partial charge in [0.25, 0.3) is 10.0 Å². The van der Waals surface area contributed by atoms with Crippen LogP contribution >= 0.6 is 22.9 Å². The number of likely N-dealkylation sites (N-methyl/N-ethyl adjacent to an activating group) is 1. The third-order valence-corrected chi connectivity index (χ3v) is 5.73. The minimum Gasteiger partial charge on any atom is -0.359 e. The molecule has 0 aliphatic heterocycles. The number of amides is 1. The van der Waals surface area contributed by atoms with Gasteiger partial charge >= 0.3 is 0 Å². The van der Waals surface area contributed by atoms with Gasteiger partial charge in [0.15, 0.2) is 5.13 Å². The van der Waals surface area contributed by atoms with Crippen LogP contribution in [0.1, 0.15) is 11.3 Å². The molecule has 9 heteroatoms. The lowest BCUT2D eigenvalue weighted by atomic mass is 10.2. The van der Waals surface area contributed by atoms with E-state index in [2.05, 4.69) is 15.0 Å². The average molecular weight is 360 g/mol. The minimum absolute atomic E-state index is 0.100. The molecule has 1 amide bonds. The number of carbonyl (C=O) groups is 1. The summed E-state index contributed by atoms with van der Waals surface area (Å²) in [4.78, 5) is 15.5. The van der Waals surface area contributed by atoms with Gasteiger partial charge in [-0.25, -0.2) is 13.4 Å². The Hall–Kier alpha value is -1.64. The first-order valence-electron chi connectivity index (χ1n) is 6.26. The average Bonchev–Trinajstić information content (AvgIpc) is 2.87. The van der Waals surface area contributed by atoms with Gasteiger partial charge < -0.3 is 5.32 Å². The Balaban J connectivity index is 2.22. The maximum absolute atomic E-state index is 12.4. The minimum atomic E-state index is -3.77. The summed E-state index contributed by atoms with van der Waals surface area (Å²) in [7, 11) is -2.25. The van der Waals surface area contributed by atoms with Crippen LogP contribution in [-0.2, 0) is 21.2 Å². The lowest BCUT2D eigenvalue weighted by molar-refractivity contribution is -0.120. The molecule has 0 spiro atoms. The second-order valence-electron chi connectivity index (χ2n) is 4.46. The summed E-state index contributed by atoms with van der Waals surface area (Å²) in [5.41, 5.74) is 0.976. The van der Waals surface area contributed by atoms with Crippen molar-refractivity contribution in [3.05, 3.63) is 39.9 Å². The highest BCUT2D eigenvalue weighted by molar-refractivity contribution is 7.93. The molecule has 6 nitrogen and oxygen atoms in total. The second kappa shape index (κ2) is 6.64. The van der Waals surface area contributed by atoms with Crippen LogP contribution in [0.4, 0.5) is 5.13 Å². The number of aromatic nitrogens is 1. The number of sulfonamides is 1. The van der Waals surface area contributed by atoms with Crippen molar-refractivity contribution in [3.63, 3.8) is 0 Å². The van der Waals surface area contributed by atoms with Crippen LogP contribution in [0.3, 0.4) is 0 Å². The molecule has 2 N–H and O–H groups in total. The molecule has 0 fully saturated rings. The van der Waals surface area contributed by atoms with Gasteiger partial charge in [0.1, 0.15) is 0 Å². The van der Waals surface area contributed by atoms with Crippen LogP contribution in [0, 0.1) is 6.92 Å². The fourth-order valence-electron chi connectivity index (χ4n) is 1.74. The van der Waals surface area contributed by atoms with E-state index < -0.39 is 10.0 Å². The number of hydrogen-bond acceptors (Lipinski definition) is 5. The van der Waals surface area contributed by atoms with Gasteiger partial charge in [-0.2, -0.15) is 0 Å². The molecule has 118 valence electrons. The van der Waals surface area contributed by atoms with Crippen molar-refractivity contribution in [1.29, 1.82) is 0 Å². The van der Waals surface area contributed by atoms with Crippen LogP contribution in [0.15, 0.2) is 28.5 Å². The number of anilines is 1. The second-order valence-corrected chi connectivity index (χ2v) is 7.38. The van der Waals surface area contributed by atoms with Crippen LogP contribution in [-0.4, -0.2) is 26.4 Å². The van der Waals surface area contributed by atoms with Gasteiger partial charge in [-0.05, 0) is 24.6 Å². The Bertz CT molecular complexity index is 803. The molecular weight excluding hydrogens is 346 g/mol. The number of nitrogens with one attached hydrogen (secondary N) is 2. The number of benzene rings is 1. The smallest absolute Gasteiger partial charge is 0.263 e. The molecule has 22 heavy (non-hydrogen) atoms. The molecule has 0 unspecified atom stereocenters. The normalized spacial score (nSPS) is 11.2. The predicted molar refractivity (Wildman–Crippen MR) is 86.9 cm³/mol. The van der Waals surface area contributed by atoms with Gasteiger partial charge in [0.05, 0.1) is 17.0 Å². The quantitative estimate of drug-likeness (QED) is 0.856. The van der Waals surface area contributed by atoms with E-state index in [1.54, 1.807) is 24.4 Å². The highest BCUT2D eigenvalue weighted by Gasteiger charge is 2.20. The Labute approximate surface area is 137 Å². The van der Waals surface area contributed by atoms with E-state index in [9.17, 15) is 13.2 Å². The van der Waals surface area contributed by atoms with Gasteiger partial charge in [0, 0.05) is 17.5 Å². The third-order valence-electron chi connectivity index (χ3n) is 2.90. The van der Waals surface area contributed by atoms with Crippen molar-refractivity contribution in [1.82, 2.24) is 10.3 Å². The van der Waals surface area contributed by atoms with E-state index in [1.165, 1.54) is 13.1 Å². The van der Waals surface area contributed by atoms with Gasteiger partial charge in [-0.3, -0.25) is 9.52 Å². The Morgan fingerprint density at radius 1 is 1.41 bits per heavy atom. The summed E-state index contributed by atoms with van der Waals surface area (Å²) < 4.78 is 27.2. The third kappa shape index (κ3) is 3.76. The van der Waals surface area contributed by atoms with Gasteiger partial charge in [-0.1, -0.05) is 17.7 Å². The van der Waals surface area contributed by atoms with Crippen molar-refractivity contribution in [2.75, 3.05) is 11.8 Å². The van der Waals surface area contributed by atoms with E-state index in [4.69, 9.17) is 11.6 Å². The fourth-order valence-corrected chi connectivity index (χ4v) is 4.20. The molecule has 2 rings (SSSR count). The van der Waals surface area contributed by atoms with Crippen molar-refractivity contribution in [2.45, 2.75) is 18.2 Å². The summed E-state index contributed by atoms with van der Waals surface area (Å²) in [6.07, 6.45) is 0.102. The molecule has 0 radical (unpaired) electrons. The number of nitrogens with zero attached hydrogens (tertiary/aromatic N) is 1. The Morgan fingerprint density at radius 2 is 2.14 bits per heavy atom. The molecule has 0 saturated carbocycles. The van der Waals surface area contributed by atoms with Crippen molar-refractivity contribution in [2.24, 2.45) is 0 Å². The SMILES string of the molecule is CNC(=O)Cc1csc(NS(=O)(=O)c2cccc(Cl)c2C)n1. The first-order chi connectivity index (χ1) is 10.3. The number of carbonyl (C=O) groups excluding carboxylic acids is 1. The molecule has 1 aromatic heterocycles. The fraction of sp³-hybridized carbons (Fsp3) is 0.231.